The van der Waals surface area contributed by atoms with E-state index in [1.165, 1.54) is 29.5 Å². The topological polar surface area (TPSA) is 0 Å². The largest absolute Gasteiger partial charge is 0.0855 e. The first-order valence-corrected chi connectivity index (χ1v) is 8.47. The van der Waals surface area contributed by atoms with Crippen molar-refractivity contribution in [1.29, 1.82) is 0 Å². The van der Waals surface area contributed by atoms with Crippen LogP contribution < -0.4 is 0 Å². The van der Waals surface area contributed by atoms with Gasteiger partial charge in [-0.05, 0) is 72.6 Å². The van der Waals surface area contributed by atoms with Gasteiger partial charge in [0.15, 0.2) is 0 Å². The zero-order chi connectivity index (χ0) is 15.8. The molecule has 0 bridgehead atoms. The van der Waals surface area contributed by atoms with Crippen LogP contribution in [0.5, 0.6) is 0 Å². The molecule has 2 rings (SSSR count). The Labute approximate surface area is 131 Å². The Kier molecular flexibility index (Phi) is 4.38. The lowest BCUT2D eigenvalue weighted by atomic mass is 9.62. The predicted octanol–water partition coefficient (Wildman–Crippen LogP) is 6.24. The first-order valence-electron chi connectivity index (χ1n) is 8.47. The molecule has 0 N–H and O–H groups in total. The SMILES string of the molecule is CC/C=C(\C)Cc1cc2c(cc1C)C(C)(C)CCC2(C)C. The quantitative estimate of drug-likeness (QED) is 0.576. The van der Waals surface area contributed by atoms with Crippen molar-refractivity contribution < 1.29 is 0 Å². The second kappa shape index (κ2) is 5.63. The molecular formula is C21H32. The number of benzene rings is 1. The molecule has 1 aliphatic rings. The maximum atomic E-state index is 2.51. The molecule has 0 saturated heterocycles. The molecule has 21 heavy (non-hydrogen) atoms. The second-order valence-electron chi connectivity index (χ2n) is 8.23. The Morgan fingerprint density at radius 3 is 2.10 bits per heavy atom. The summed E-state index contributed by atoms with van der Waals surface area (Å²) in [6.45, 7) is 16.4. The molecule has 0 fully saturated rings. The molecule has 1 aromatic rings. The van der Waals surface area contributed by atoms with Gasteiger partial charge in [-0.15, -0.1) is 0 Å². The van der Waals surface area contributed by atoms with Crippen LogP contribution in [-0.4, -0.2) is 0 Å². The predicted molar refractivity (Wildman–Crippen MR) is 94.2 cm³/mol. The summed E-state index contributed by atoms with van der Waals surface area (Å²) in [5.41, 5.74) is 8.28. The standard InChI is InChI=1S/C21H32/c1-8-9-15(2)12-17-14-19-18(13-16(17)3)20(4,5)10-11-21(19,6)7/h9,13-14H,8,10-12H2,1-7H3/b15-9+. The molecule has 1 aliphatic carbocycles. The van der Waals surface area contributed by atoms with E-state index in [1.54, 1.807) is 11.1 Å². The van der Waals surface area contributed by atoms with Crippen LogP contribution in [0.4, 0.5) is 0 Å². The fraction of sp³-hybridized carbons (Fsp3) is 0.619. The molecule has 0 radical (unpaired) electrons. The van der Waals surface area contributed by atoms with Crippen molar-refractivity contribution in [1.82, 2.24) is 0 Å². The summed E-state index contributed by atoms with van der Waals surface area (Å²) in [6, 6.07) is 4.99. The van der Waals surface area contributed by atoms with Gasteiger partial charge in [0.2, 0.25) is 0 Å². The van der Waals surface area contributed by atoms with Gasteiger partial charge in [0.05, 0.1) is 0 Å². The Hall–Kier alpha value is -1.04. The highest BCUT2D eigenvalue weighted by atomic mass is 14.4. The van der Waals surface area contributed by atoms with Gasteiger partial charge in [-0.3, -0.25) is 0 Å². The van der Waals surface area contributed by atoms with E-state index in [-0.39, 0.29) is 0 Å². The summed E-state index contributed by atoms with van der Waals surface area (Å²) in [5.74, 6) is 0. The van der Waals surface area contributed by atoms with Gasteiger partial charge in [-0.1, -0.05) is 58.4 Å². The Morgan fingerprint density at radius 2 is 1.57 bits per heavy atom. The van der Waals surface area contributed by atoms with Crippen molar-refractivity contribution in [3.63, 3.8) is 0 Å². The summed E-state index contributed by atoms with van der Waals surface area (Å²) < 4.78 is 0. The molecule has 0 heteroatoms. The zero-order valence-corrected chi connectivity index (χ0v) is 15.1. The second-order valence-corrected chi connectivity index (χ2v) is 8.23. The molecule has 0 spiro atoms. The van der Waals surface area contributed by atoms with Crippen LogP contribution in [0, 0.1) is 6.92 Å². The molecule has 0 saturated carbocycles. The van der Waals surface area contributed by atoms with E-state index < -0.39 is 0 Å². The van der Waals surface area contributed by atoms with Crippen molar-refractivity contribution in [2.75, 3.05) is 0 Å². The van der Waals surface area contributed by atoms with Gasteiger partial charge >= 0.3 is 0 Å². The molecule has 0 atom stereocenters. The average Bonchev–Trinajstić information content (AvgIpc) is 2.37. The van der Waals surface area contributed by atoms with Crippen LogP contribution in [0.1, 0.15) is 83.1 Å². The van der Waals surface area contributed by atoms with Crippen LogP contribution in [0.15, 0.2) is 23.8 Å². The van der Waals surface area contributed by atoms with Crippen LogP contribution in [0.2, 0.25) is 0 Å². The maximum absolute atomic E-state index is 2.51. The lowest BCUT2D eigenvalue weighted by Gasteiger charge is -2.42. The number of aryl methyl sites for hydroxylation is 1. The Bertz CT molecular complexity index is 556. The Balaban J connectivity index is 2.51. The monoisotopic (exact) mass is 284 g/mol. The summed E-state index contributed by atoms with van der Waals surface area (Å²) in [4.78, 5) is 0. The van der Waals surface area contributed by atoms with E-state index in [0.717, 1.165) is 12.8 Å². The van der Waals surface area contributed by atoms with Crippen LogP contribution in [-0.2, 0) is 17.3 Å². The molecule has 0 aromatic heterocycles. The highest BCUT2D eigenvalue weighted by Gasteiger charge is 2.37. The van der Waals surface area contributed by atoms with E-state index in [1.807, 2.05) is 0 Å². The molecule has 116 valence electrons. The van der Waals surface area contributed by atoms with Crippen molar-refractivity contribution in [2.24, 2.45) is 0 Å². The fourth-order valence-corrected chi connectivity index (χ4v) is 3.68. The molecule has 0 aliphatic heterocycles. The van der Waals surface area contributed by atoms with Crippen molar-refractivity contribution in [3.05, 3.63) is 46.0 Å². The van der Waals surface area contributed by atoms with Crippen molar-refractivity contribution in [3.8, 4) is 0 Å². The third-order valence-electron chi connectivity index (χ3n) is 5.33. The molecular weight excluding hydrogens is 252 g/mol. The zero-order valence-electron chi connectivity index (χ0n) is 15.1. The number of fused-ring (bicyclic) bond motifs is 1. The first-order chi connectivity index (χ1) is 9.67. The van der Waals surface area contributed by atoms with Crippen molar-refractivity contribution in [2.45, 2.75) is 85.0 Å². The summed E-state index contributed by atoms with van der Waals surface area (Å²) in [7, 11) is 0. The van der Waals surface area contributed by atoms with E-state index in [9.17, 15) is 0 Å². The number of rotatable bonds is 3. The van der Waals surface area contributed by atoms with Gasteiger partial charge < -0.3 is 0 Å². The number of hydrogen-bond donors (Lipinski definition) is 0. The maximum Gasteiger partial charge on any atom is -0.00672 e. The van der Waals surface area contributed by atoms with Gasteiger partial charge in [-0.25, -0.2) is 0 Å². The Morgan fingerprint density at radius 1 is 1.05 bits per heavy atom. The smallest absolute Gasteiger partial charge is 0.00672 e. The summed E-state index contributed by atoms with van der Waals surface area (Å²) >= 11 is 0. The van der Waals surface area contributed by atoms with Crippen LogP contribution >= 0.6 is 0 Å². The third kappa shape index (κ3) is 3.25. The van der Waals surface area contributed by atoms with Crippen LogP contribution in [0.25, 0.3) is 0 Å². The molecule has 0 nitrogen and oxygen atoms in total. The minimum absolute atomic E-state index is 0.315. The number of hydrogen-bond acceptors (Lipinski definition) is 0. The molecule has 0 heterocycles. The van der Waals surface area contributed by atoms with Gasteiger partial charge in [0.1, 0.15) is 0 Å². The highest BCUT2D eigenvalue weighted by molar-refractivity contribution is 5.47. The van der Waals surface area contributed by atoms with E-state index in [0.29, 0.717) is 10.8 Å². The fourth-order valence-electron chi connectivity index (χ4n) is 3.68. The highest BCUT2D eigenvalue weighted by Crippen LogP contribution is 2.46. The lowest BCUT2D eigenvalue weighted by Crippen LogP contribution is -2.34. The van der Waals surface area contributed by atoms with Gasteiger partial charge in [0.25, 0.3) is 0 Å². The normalized spacial score (nSPS) is 20.2. The minimum Gasteiger partial charge on any atom is -0.0855 e. The molecule has 0 unspecified atom stereocenters. The lowest BCUT2D eigenvalue weighted by molar-refractivity contribution is 0.331. The van der Waals surface area contributed by atoms with Crippen LogP contribution in [0.3, 0.4) is 0 Å². The number of allylic oxidation sites excluding steroid dienone is 2. The molecule has 1 aromatic carbocycles. The average molecular weight is 284 g/mol. The van der Waals surface area contributed by atoms with Gasteiger partial charge in [0, 0.05) is 0 Å². The van der Waals surface area contributed by atoms with E-state index >= 15 is 0 Å². The van der Waals surface area contributed by atoms with E-state index in [4.69, 9.17) is 0 Å². The van der Waals surface area contributed by atoms with E-state index in [2.05, 4.69) is 66.7 Å². The van der Waals surface area contributed by atoms with Crippen molar-refractivity contribution >= 4 is 0 Å². The summed E-state index contributed by atoms with van der Waals surface area (Å²) in [5, 5.41) is 0. The molecule has 0 amide bonds. The third-order valence-corrected chi connectivity index (χ3v) is 5.33. The van der Waals surface area contributed by atoms with Gasteiger partial charge in [-0.2, -0.15) is 0 Å². The summed E-state index contributed by atoms with van der Waals surface area (Å²) in [6.07, 6.45) is 7.17. The first kappa shape index (κ1) is 16.3. The minimum atomic E-state index is 0.315.